The van der Waals surface area contributed by atoms with Crippen LogP contribution in [0.1, 0.15) is 51.4 Å². The number of carbonyl (C=O) groups is 1. The lowest BCUT2D eigenvalue weighted by molar-refractivity contribution is -0.124. The minimum Gasteiger partial charge on any atom is -0.298 e. The Kier molecular flexibility index (Phi) is 2.77. The Morgan fingerprint density at radius 3 is 2.15 bits per heavy atom. The third kappa shape index (κ3) is 1.83. The molecule has 0 spiro atoms. The summed E-state index contributed by atoms with van der Waals surface area (Å²) in [5, 5.41) is 0. The summed E-state index contributed by atoms with van der Waals surface area (Å²) in [5.74, 6) is 0.903. The lowest BCUT2D eigenvalue weighted by Crippen LogP contribution is -2.33. The Hall–Kier alpha value is 0.150. The molecule has 2 aliphatic rings. The first-order valence-electron chi connectivity index (χ1n) is 5.46. The number of Topliss-reactive ketones (excluding diaryl/α,β-unsaturated/α-hetero) is 1. The fourth-order valence-electron chi connectivity index (χ4n) is 2.74. The summed E-state index contributed by atoms with van der Waals surface area (Å²) in [6.07, 6.45) is 9.41. The minimum atomic E-state index is -0.109. The van der Waals surface area contributed by atoms with E-state index in [-0.39, 0.29) is 4.32 Å². The van der Waals surface area contributed by atoms with Gasteiger partial charge in [-0.3, -0.25) is 4.79 Å². The Labute approximate surface area is 88.4 Å². The summed E-state index contributed by atoms with van der Waals surface area (Å²) >= 11 is 3.67. The summed E-state index contributed by atoms with van der Waals surface area (Å²) in [4.78, 5) is 12.1. The molecule has 74 valence electrons. The molecule has 0 bridgehead atoms. The van der Waals surface area contributed by atoms with E-state index in [2.05, 4.69) is 15.9 Å². The van der Waals surface area contributed by atoms with E-state index in [0.29, 0.717) is 11.7 Å². The van der Waals surface area contributed by atoms with Gasteiger partial charge in [-0.25, -0.2) is 0 Å². The van der Waals surface area contributed by atoms with Crippen LogP contribution in [-0.4, -0.2) is 10.1 Å². The second-order valence-electron chi connectivity index (χ2n) is 4.52. The number of carbonyl (C=O) groups excluding carboxylic acids is 1. The molecule has 0 aromatic carbocycles. The van der Waals surface area contributed by atoms with Crippen molar-refractivity contribution in [2.75, 3.05) is 0 Å². The van der Waals surface area contributed by atoms with Gasteiger partial charge in [0.25, 0.3) is 0 Å². The van der Waals surface area contributed by atoms with Crippen LogP contribution in [0, 0.1) is 5.92 Å². The molecule has 2 saturated carbocycles. The quantitative estimate of drug-likeness (QED) is 0.681. The maximum atomic E-state index is 12.1. The third-order valence-corrected chi connectivity index (χ3v) is 4.75. The number of alkyl halides is 1. The van der Waals surface area contributed by atoms with Gasteiger partial charge >= 0.3 is 0 Å². The third-order valence-electron chi connectivity index (χ3n) is 3.56. The highest BCUT2D eigenvalue weighted by Crippen LogP contribution is 2.42. The highest BCUT2D eigenvalue weighted by molar-refractivity contribution is 9.10. The highest BCUT2D eigenvalue weighted by Gasteiger charge is 2.42. The van der Waals surface area contributed by atoms with Crippen LogP contribution in [0.25, 0.3) is 0 Å². The molecule has 0 aromatic rings. The van der Waals surface area contributed by atoms with Crippen molar-refractivity contribution in [1.82, 2.24) is 0 Å². The Balaban J connectivity index is 2.02. The smallest absolute Gasteiger partial charge is 0.152 e. The van der Waals surface area contributed by atoms with E-state index < -0.39 is 0 Å². The lowest BCUT2D eigenvalue weighted by Gasteiger charge is -2.23. The summed E-state index contributed by atoms with van der Waals surface area (Å²) in [7, 11) is 0. The fraction of sp³-hybridized carbons (Fsp3) is 0.909. The molecule has 2 rings (SSSR count). The predicted octanol–water partition coefficient (Wildman–Crippen LogP) is 3.45. The van der Waals surface area contributed by atoms with Gasteiger partial charge in [-0.1, -0.05) is 41.6 Å². The van der Waals surface area contributed by atoms with Crippen molar-refractivity contribution >= 4 is 21.7 Å². The standard InChI is InChI=1S/C11H17BrO/c12-11(7-3-4-8-11)10(13)9-5-1-2-6-9/h9H,1-8H2. The van der Waals surface area contributed by atoms with Gasteiger partial charge in [-0.2, -0.15) is 0 Å². The van der Waals surface area contributed by atoms with Gasteiger partial charge in [0.15, 0.2) is 5.78 Å². The van der Waals surface area contributed by atoms with Gasteiger partial charge in [0.2, 0.25) is 0 Å². The number of ketones is 1. The zero-order valence-corrected chi connectivity index (χ0v) is 9.61. The van der Waals surface area contributed by atoms with Crippen LogP contribution in [0.4, 0.5) is 0 Å². The maximum absolute atomic E-state index is 12.1. The molecule has 0 aromatic heterocycles. The van der Waals surface area contributed by atoms with Crippen molar-refractivity contribution in [1.29, 1.82) is 0 Å². The molecule has 0 unspecified atom stereocenters. The molecule has 0 heterocycles. The molecule has 2 fully saturated rings. The fourth-order valence-corrected chi connectivity index (χ4v) is 3.62. The number of rotatable bonds is 2. The first kappa shape index (κ1) is 9.70. The molecule has 0 amide bonds. The molecule has 0 atom stereocenters. The topological polar surface area (TPSA) is 17.1 Å². The first-order chi connectivity index (χ1) is 6.22. The molecule has 0 N–H and O–H groups in total. The van der Waals surface area contributed by atoms with E-state index in [1.807, 2.05) is 0 Å². The number of hydrogen-bond acceptors (Lipinski definition) is 1. The average Bonchev–Trinajstić information content (AvgIpc) is 2.73. The van der Waals surface area contributed by atoms with E-state index >= 15 is 0 Å². The molecular weight excluding hydrogens is 228 g/mol. The minimum absolute atomic E-state index is 0.109. The summed E-state index contributed by atoms with van der Waals surface area (Å²) in [5.41, 5.74) is 0. The van der Waals surface area contributed by atoms with E-state index in [0.717, 1.165) is 25.7 Å². The van der Waals surface area contributed by atoms with Crippen molar-refractivity contribution in [2.24, 2.45) is 5.92 Å². The highest BCUT2D eigenvalue weighted by atomic mass is 79.9. The molecule has 1 nitrogen and oxygen atoms in total. The van der Waals surface area contributed by atoms with E-state index in [4.69, 9.17) is 0 Å². The van der Waals surface area contributed by atoms with Crippen molar-refractivity contribution in [2.45, 2.75) is 55.7 Å². The predicted molar refractivity (Wildman–Crippen MR) is 57.1 cm³/mol. The molecule has 2 aliphatic carbocycles. The van der Waals surface area contributed by atoms with E-state index in [1.54, 1.807) is 0 Å². The second kappa shape index (κ2) is 3.72. The SMILES string of the molecule is O=C(C1CCCC1)C1(Br)CCCC1. The van der Waals surface area contributed by atoms with Crippen LogP contribution in [-0.2, 0) is 4.79 Å². The molecule has 0 radical (unpaired) electrons. The van der Waals surface area contributed by atoms with Crippen molar-refractivity contribution < 1.29 is 4.79 Å². The number of hydrogen-bond donors (Lipinski definition) is 0. The Morgan fingerprint density at radius 2 is 1.62 bits per heavy atom. The van der Waals surface area contributed by atoms with Gasteiger partial charge < -0.3 is 0 Å². The van der Waals surface area contributed by atoms with Crippen LogP contribution in [0.15, 0.2) is 0 Å². The zero-order valence-electron chi connectivity index (χ0n) is 8.02. The van der Waals surface area contributed by atoms with E-state index in [1.165, 1.54) is 25.7 Å². The summed E-state index contributed by atoms with van der Waals surface area (Å²) < 4.78 is -0.109. The zero-order chi connectivity index (χ0) is 9.31. The monoisotopic (exact) mass is 244 g/mol. The lowest BCUT2D eigenvalue weighted by atomic mass is 9.90. The van der Waals surface area contributed by atoms with Gasteiger partial charge in [0.05, 0.1) is 4.32 Å². The van der Waals surface area contributed by atoms with Crippen LogP contribution < -0.4 is 0 Å². The van der Waals surface area contributed by atoms with Gasteiger partial charge in [-0.05, 0) is 25.7 Å². The van der Waals surface area contributed by atoms with Crippen LogP contribution in [0.2, 0.25) is 0 Å². The average molecular weight is 245 g/mol. The van der Waals surface area contributed by atoms with Crippen LogP contribution >= 0.6 is 15.9 Å². The van der Waals surface area contributed by atoms with Gasteiger partial charge in [0, 0.05) is 5.92 Å². The summed E-state index contributed by atoms with van der Waals surface area (Å²) in [6, 6.07) is 0. The van der Waals surface area contributed by atoms with Crippen molar-refractivity contribution in [3.05, 3.63) is 0 Å². The van der Waals surface area contributed by atoms with Crippen molar-refractivity contribution in [3.63, 3.8) is 0 Å². The van der Waals surface area contributed by atoms with Crippen LogP contribution in [0.5, 0.6) is 0 Å². The molecular formula is C11H17BrO. The molecule has 2 heteroatoms. The molecule has 0 aliphatic heterocycles. The Morgan fingerprint density at radius 1 is 1.08 bits per heavy atom. The maximum Gasteiger partial charge on any atom is 0.152 e. The van der Waals surface area contributed by atoms with Gasteiger partial charge in [-0.15, -0.1) is 0 Å². The first-order valence-corrected chi connectivity index (χ1v) is 6.25. The second-order valence-corrected chi connectivity index (χ2v) is 6.04. The van der Waals surface area contributed by atoms with Gasteiger partial charge in [0.1, 0.15) is 0 Å². The Bertz CT molecular complexity index is 200. The largest absolute Gasteiger partial charge is 0.298 e. The van der Waals surface area contributed by atoms with E-state index in [9.17, 15) is 4.79 Å². The summed E-state index contributed by atoms with van der Waals surface area (Å²) in [6.45, 7) is 0. The molecule has 0 saturated heterocycles. The van der Waals surface area contributed by atoms with Crippen LogP contribution in [0.3, 0.4) is 0 Å². The normalized spacial score (nSPS) is 28.1. The molecule has 13 heavy (non-hydrogen) atoms. The van der Waals surface area contributed by atoms with Crippen molar-refractivity contribution in [3.8, 4) is 0 Å². The number of halogens is 1.